The molecule has 3 N–H and O–H groups in total. The van der Waals surface area contributed by atoms with Crippen molar-refractivity contribution in [1.29, 1.82) is 0 Å². The number of aryl methyl sites for hydroxylation is 1. The minimum Gasteiger partial charge on any atom is -0.490 e. The van der Waals surface area contributed by atoms with Crippen molar-refractivity contribution in [3.8, 4) is 5.75 Å². The number of hydrogen-bond acceptors (Lipinski definition) is 5. The van der Waals surface area contributed by atoms with Crippen LogP contribution in [0.3, 0.4) is 0 Å². The fraction of sp³-hybridized carbons (Fsp3) is 0.682. The first kappa shape index (κ1) is 25.9. The molecular formula is C22H35NO6S. The van der Waals surface area contributed by atoms with Crippen LogP contribution in [0.1, 0.15) is 89.0 Å². The highest BCUT2D eigenvalue weighted by Crippen LogP contribution is 2.35. The van der Waals surface area contributed by atoms with E-state index in [4.69, 9.17) is 14.9 Å². The van der Waals surface area contributed by atoms with Crippen LogP contribution in [0.15, 0.2) is 5.38 Å². The second-order valence-corrected chi connectivity index (χ2v) is 8.43. The third kappa shape index (κ3) is 12.5. The zero-order valence-electron chi connectivity index (χ0n) is 17.9. The van der Waals surface area contributed by atoms with Gasteiger partial charge in [0.1, 0.15) is 5.00 Å². The smallest absolute Gasteiger partial charge is 0.303 e. The minimum absolute atomic E-state index is 0.0127. The average molecular weight is 442 g/mol. The van der Waals surface area contributed by atoms with E-state index in [-0.39, 0.29) is 18.7 Å². The standard InChI is InChI=1S/C22H35NO6S/c1-17-16-30-22(21(17)29-15-11-10-14-20(27)28)23-18(24)12-8-6-4-2-3-5-7-9-13-19(25)26/h16H,2-15H2,1H3,(H,23,24)(H,25,26)(H,27,28). The zero-order valence-corrected chi connectivity index (χ0v) is 18.7. The number of carbonyl (C=O) groups is 3. The Labute approximate surface area is 182 Å². The number of anilines is 1. The summed E-state index contributed by atoms with van der Waals surface area (Å²) in [6.07, 6.45) is 10.1. The SMILES string of the molecule is Cc1csc(NC(=O)CCCCCCCCCCC(=O)O)c1OCCCCC(=O)O. The van der Waals surface area contributed by atoms with Gasteiger partial charge in [0.25, 0.3) is 0 Å². The molecule has 1 amide bonds. The van der Waals surface area contributed by atoms with Crippen molar-refractivity contribution in [2.45, 2.75) is 90.4 Å². The van der Waals surface area contributed by atoms with Gasteiger partial charge in [-0.25, -0.2) is 0 Å². The van der Waals surface area contributed by atoms with Gasteiger partial charge < -0.3 is 20.3 Å². The summed E-state index contributed by atoms with van der Waals surface area (Å²) in [4.78, 5) is 33.2. The number of carboxylic acids is 2. The fourth-order valence-corrected chi connectivity index (χ4v) is 3.96. The highest BCUT2D eigenvalue weighted by Gasteiger charge is 2.13. The molecule has 0 saturated carbocycles. The maximum absolute atomic E-state index is 12.2. The quantitative estimate of drug-likeness (QED) is 0.255. The van der Waals surface area contributed by atoms with Crippen LogP contribution >= 0.6 is 11.3 Å². The van der Waals surface area contributed by atoms with E-state index in [0.29, 0.717) is 31.6 Å². The highest BCUT2D eigenvalue weighted by atomic mass is 32.1. The van der Waals surface area contributed by atoms with E-state index < -0.39 is 11.9 Å². The van der Waals surface area contributed by atoms with E-state index in [1.54, 1.807) is 0 Å². The molecule has 30 heavy (non-hydrogen) atoms. The minimum atomic E-state index is -0.801. The molecule has 0 aliphatic heterocycles. The Kier molecular flexibility index (Phi) is 13.6. The van der Waals surface area contributed by atoms with Gasteiger partial charge in [-0.05, 0) is 38.0 Å². The van der Waals surface area contributed by atoms with Gasteiger partial charge in [0, 0.05) is 24.8 Å². The van der Waals surface area contributed by atoms with Crippen LogP contribution in [0.4, 0.5) is 5.00 Å². The molecule has 8 heteroatoms. The second kappa shape index (κ2) is 15.7. The molecule has 1 rings (SSSR count). The lowest BCUT2D eigenvalue weighted by atomic mass is 10.1. The summed E-state index contributed by atoms with van der Waals surface area (Å²) < 4.78 is 5.77. The van der Waals surface area contributed by atoms with Crippen LogP contribution in [0.2, 0.25) is 0 Å². The van der Waals surface area contributed by atoms with Crippen molar-refractivity contribution < 1.29 is 29.3 Å². The fourth-order valence-electron chi connectivity index (χ4n) is 3.06. The Morgan fingerprint density at radius 2 is 1.33 bits per heavy atom. The van der Waals surface area contributed by atoms with Crippen LogP contribution in [0.5, 0.6) is 5.75 Å². The molecule has 0 bridgehead atoms. The predicted molar refractivity (Wildman–Crippen MR) is 118 cm³/mol. The molecular weight excluding hydrogens is 406 g/mol. The van der Waals surface area contributed by atoms with E-state index >= 15 is 0 Å². The number of unbranched alkanes of at least 4 members (excludes halogenated alkanes) is 8. The first-order chi connectivity index (χ1) is 14.4. The Morgan fingerprint density at radius 3 is 1.90 bits per heavy atom. The van der Waals surface area contributed by atoms with E-state index in [9.17, 15) is 14.4 Å². The van der Waals surface area contributed by atoms with Crippen LogP contribution in [0.25, 0.3) is 0 Å². The number of carboxylic acid groups (broad SMARTS) is 2. The normalized spacial score (nSPS) is 10.7. The first-order valence-corrected chi connectivity index (χ1v) is 11.7. The third-order valence-electron chi connectivity index (χ3n) is 4.75. The molecule has 0 fully saturated rings. The summed E-state index contributed by atoms with van der Waals surface area (Å²) in [6.45, 7) is 2.37. The number of carbonyl (C=O) groups excluding carboxylic acids is 1. The molecule has 0 aliphatic carbocycles. The lowest BCUT2D eigenvalue weighted by molar-refractivity contribution is -0.138. The summed E-state index contributed by atoms with van der Waals surface area (Å²) in [6, 6.07) is 0. The number of amides is 1. The van der Waals surface area contributed by atoms with Gasteiger partial charge in [0.15, 0.2) is 5.75 Å². The van der Waals surface area contributed by atoms with Crippen molar-refractivity contribution >= 4 is 34.2 Å². The topological polar surface area (TPSA) is 113 Å². The molecule has 1 heterocycles. The number of hydrogen-bond donors (Lipinski definition) is 3. The van der Waals surface area contributed by atoms with Gasteiger partial charge >= 0.3 is 11.9 Å². The monoisotopic (exact) mass is 441 g/mol. The molecule has 1 aromatic rings. The van der Waals surface area contributed by atoms with Crippen molar-refractivity contribution in [3.05, 3.63) is 10.9 Å². The van der Waals surface area contributed by atoms with Gasteiger partial charge in [0.05, 0.1) is 6.61 Å². The Bertz CT molecular complexity index is 658. The highest BCUT2D eigenvalue weighted by molar-refractivity contribution is 7.15. The third-order valence-corrected chi connectivity index (χ3v) is 5.74. The Hall–Kier alpha value is -2.09. The van der Waals surface area contributed by atoms with E-state index in [1.165, 1.54) is 11.3 Å². The maximum Gasteiger partial charge on any atom is 0.303 e. The lowest BCUT2D eigenvalue weighted by Gasteiger charge is -2.10. The number of ether oxygens (including phenoxy) is 1. The molecule has 0 aliphatic rings. The van der Waals surface area contributed by atoms with Crippen LogP contribution in [-0.4, -0.2) is 34.7 Å². The van der Waals surface area contributed by atoms with Crippen molar-refractivity contribution in [1.82, 2.24) is 0 Å². The number of aliphatic carboxylic acids is 2. The summed E-state index contributed by atoms with van der Waals surface area (Å²) in [5, 5.41) is 22.8. The Balaban J connectivity index is 2.14. The zero-order chi connectivity index (χ0) is 22.2. The predicted octanol–water partition coefficient (Wildman–Crippen LogP) is 5.61. The largest absolute Gasteiger partial charge is 0.490 e. The van der Waals surface area contributed by atoms with E-state index in [0.717, 1.165) is 61.9 Å². The average Bonchev–Trinajstić information content (AvgIpc) is 3.02. The van der Waals surface area contributed by atoms with Crippen molar-refractivity contribution in [2.24, 2.45) is 0 Å². The molecule has 0 atom stereocenters. The molecule has 170 valence electrons. The van der Waals surface area contributed by atoms with Gasteiger partial charge in [-0.1, -0.05) is 38.5 Å². The van der Waals surface area contributed by atoms with Gasteiger partial charge in [-0.3, -0.25) is 14.4 Å². The van der Waals surface area contributed by atoms with Crippen molar-refractivity contribution in [3.63, 3.8) is 0 Å². The molecule has 7 nitrogen and oxygen atoms in total. The molecule has 0 radical (unpaired) electrons. The summed E-state index contributed by atoms with van der Waals surface area (Å²) in [7, 11) is 0. The molecule has 1 aromatic heterocycles. The van der Waals surface area contributed by atoms with Gasteiger partial charge in [-0.2, -0.15) is 0 Å². The maximum atomic E-state index is 12.2. The summed E-state index contributed by atoms with van der Waals surface area (Å²) in [5.41, 5.74) is 0.969. The first-order valence-electron chi connectivity index (χ1n) is 10.8. The lowest BCUT2D eigenvalue weighted by Crippen LogP contribution is -2.11. The summed E-state index contributed by atoms with van der Waals surface area (Å²) >= 11 is 1.44. The van der Waals surface area contributed by atoms with Crippen LogP contribution < -0.4 is 10.1 Å². The molecule has 0 saturated heterocycles. The van der Waals surface area contributed by atoms with E-state index in [1.807, 2.05) is 12.3 Å². The van der Waals surface area contributed by atoms with E-state index in [2.05, 4.69) is 5.32 Å². The molecule has 0 spiro atoms. The second-order valence-electron chi connectivity index (χ2n) is 7.55. The molecule has 0 unspecified atom stereocenters. The van der Waals surface area contributed by atoms with Gasteiger partial charge in [-0.15, -0.1) is 11.3 Å². The summed E-state index contributed by atoms with van der Waals surface area (Å²) in [5.74, 6) is -0.848. The number of rotatable bonds is 18. The van der Waals surface area contributed by atoms with Crippen LogP contribution in [-0.2, 0) is 14.4 Å². The number of nitrogens with one attached hydrogen (secondary N) is 1. The van der Waals surface area contributed by atoms with Crippen LogP contribution in [0, 0.1) is 6.92 Å². The number of thiophene rings is 1. The molecule has 0 aromatic carbocycles. The van der Waals surface area contributed by atoms with Gasteiger partial charge in [0.2, 0.25) is 5.91 Å². The van der Waals surface area contributed by atoms with Crippen molar-refractivity contribution in [2.75, 3.05) is 11.9 Å². The Morgan fingerprint density at radius 1 is 0.833 bits per heavy atom.